The van der Waals surface area contributed by atoms with Crippen molar-refractivity contribution in [3.05, 3.63) is 93.0 Å². The van der Waals surface area contributed by atoms with Gasteiger partial charge in [-0.05, 0) is 64.0 Å². The summed E-state index contributed by atoms with van der Waals surface area (Å²) in [4.78, 5) is 5.74. The van der Waals surface area contributed by atoms with Gasteiger partial charge in [-0.15, -0.1) is 28.3 Å². The Kier molecular flexibility index (Phi) is 8.30. The number of thiazole rings is 1. The number of sulfonamides is 1. The van der Waals surface area contributed by atoms with Crippen LogP contribution in [-0.4, -0.2) is 20.1 Å². The molecule has 4 rings (SSSR count). The Morgan fingerprint density at radius 3 is 2.36 bits per heavy atom. The van der Waals surface area contributed by atoms with Gasteiger partial charge in [-0.25, -0.2) is 18.5 Å². The molecule has 0 saturated heterocycles. The van der Waals surface area contributed by atoms with Crippen molar-refractivity contribution in [2.75, 3.05) is 7.11 Å². The minimum Gasteiger partial charge on any atom is -0.496 e. The first-order valence-electron chi connectivity index (χ1n) is 9.59. The van der Waals surface area contributed by atoms with Crippen LogP contribution in [0.1, 0.15) is 5.56 Å². The molecular weight excluding hydrogens is 590 g/mol. The summed E-state index contributed by atoms with van der Waals surface area (Å²) in [6.07, 6.45) is 0. The minimum atomic E-state index is -3.73. The lowest BCUT2D eigenvalue weighted by Gasteiger charge is -2.11. The zero-order chi connectivity index (χ0) is 22.7. The summed E-state index contributed by atoms with van der Waals surface area (Å²) in [5.41, 5.74) is 3.78. The van der Waals surface area contributed by atoms with Crippen molar-refractivity contribution >= 4 is 60.0 Å². The molecule has 0 atom stereocenters. The first-order chi connectivity index (χ1) is 15.3. The van der Waals surface area contributed by atoms with Gasteiger partial charge in [-0.3, -0.25) is 0 Å². The van der Waals surface area contributed by atoms with Crippen molar-refractivity contribution in [1.29, 1.82) is 0 Å². The van der Waals surface area contributed by atoms with Crippen LogP contribution in [0.25, 0.3) is 11.3 Å². The molecule has 1 heterocycles. The van der Waals surface area contributed by atoms with E-state index in [1.807, 2.05) is 48.5 Å². The molecule has 172 valence electrons. The van der Waals surface area contributed by atoms with E-state index >= 15 is 0 Å². The first-order valence-corrected chi connectivity index (χ1v) is 12.8. The van der Waals surface area contributed by atoms with Gasteiger partial charge >= 0.3 is 0 Å². The summed E-state index contributed by atoms with van der Waals surface area (Å²) in [5, 5.41) is 7.29. The van der Waals surface area contributed by atoms with E-state index in [4.69, 9.17) is 14.9 Å². The molecule has 2 N–H and O–H groups in total. The van der Waals surface area contributed by atoms with Crippen molar-refractivity contribution in [3.8, 4) is 17.0 Å². The number of aromatic nitrogens is 1. The summed E-state index contributed by atoms with van der Waals surface area (Å²) in [6, 6.07) is 22.3. The van der Waals surface area contributed by atoms with Crippen molar-refractivity contribution in [3.63, 3.8) is 0 Å². The van der Waals surface area contributed by atoms with Gasteiger partial charge in [0.2, 0.25) is 10.0 Å². The average molecular weight is 611 g/mol. The fourth-order valence-corrected chi connectivity index (χ4v) is 5.19. The summed E-state index contributed by atoms with van der Waals surface area (Å²) >= 11 is 5.10. The molecule has 0 amide bonds. The number of hydrogen-bond acceptors (Lipinski definition) is 5. The number of benzene rings is 3. The van der Waals surface area contributed by atoms with Gasteiger partial charge in [0.05, 0.1) is 34.4 Å². The van der Waals surface area contributed by atoms with E-state index in [0.29, 0.717) is 6.54 Å². The third kappa shape index (κ3) is 6.01. The minimum absolute atomic E-state index is 0. The van der Waals surface area contributed by atoms with Crippen molar-refractivity contribution in [1.82, 2.24) is 4.57 Å². The number of nitrogens with zero attached hydrogens (tertiary/aromatic N) is 2. The first kappa shape index (κ1) is 25.4. The van der Waals surface area contributed by atoms with Crippen LogP contribution in [0.15, 0.2) is 92.5 Å². The van der Waals surface area contributed by atoms with E-state index < -0.39 is 10.0 Å². The summed E-state index contributed by atoms with van der Waals surface area (Å²) in [6.45, 7) is 0.513. The summed E-state index contributed by atoms with van der Waals surface area (Å²) < 4.78 is 31.5. The monoisotopic (exact) mass is 609 g/mol. The highest BCUT2D eigenvalue weighted by Gasteiger charge is 2.12. The highest BCUT2D eigenvalue weighted by atomic mass is 79.9. The maximum atomic E-state index is 11.6. The number of halogens is 2. The Hall–Kier alpha value is -2.24. The van der Waals surface area contributed by atoms with Crippen molar-refractivity contribution in [2.45, 2.75) is 11.4 Å². The third-order valence-corrected chi connectivity index (χ3v) is 7.23. The van der Waals surface area contributed by atoms with Crippen LogP contribution in [-0.2, 0) is 16.6 Å². The standard InChI is InChI=1S/C23H20BrN3O3S2.BrH/c1-30-22-12-9-17(13-20(22)24)21-15-31-23(26-18-5-3-2-4-6-18)27(21)14-16-7-10-19(11-8-16)32(25,28)29;/h2-13,15H,14H2,1H3,(H2,25,28,29);1H. The Morgan fingerprint density at radius 2 is 1.76 bits per heavy atom. The van der Waals surface area contributed by atoms with Crippen molar-refractivity contribution < 1.29 is 13.2 Å². The fraction of sp³-hybridized carbons (Fsp3) is 0.0870. The van der Waals surface area contributed by atoms with E-state index in [1.54, 1.807) is 30.6 Å². The molecule has 0 bridgehead atoms. The number of methoxy groups -OCH3 is 1. The van der Waals surface area contributed by atoms with Crippen LogP contribution in [0, 0.1) is 0 Å². The van der Waals surface area contributed by atoms with Crippen LogP contribution < -0.4 is 14.7 Å². The summed E-state index contributed by atoms with van der Waals surface area (Å²) in [7, 11) is -2.10. The maximum absolute atomic E-state index is 11.6. The van der Waals surface area contributed by atoms with Gasteiger partial charge in [0.1, 0.15) is 5.75 Å². The number of primary sulfonamides is 1. The Labute approximate surface area is 215 Å². The van der Waals surface area contributed by atoms with Crippen LogP contribution >= 0.6 is 44.2 Å². The molecule has 0 spiro atoms. The molecule has 1 aromatic heterocycles. The lowest BCUT2D eigenvalue weighted by Crippen LogP contribution is -2.17. The molecule has 0 radical (unpaired) electrons. The quantitative estimate of drug-likeness (QED) is 0.313. The van der Waals surface area contributed by atoms with Gasteiger partial charge in [-0.1, -0.05) is 30.3 Å². The second kappa shape index (κ2) is 10.8. The fourth-order valence-electron chi connectivity index (χ4n) is 3.21. The zero-order valence-corrected chi connectivity index (χ0v) is 22.4. The van der Waals surface area contributed by atoms with E-state index in [1.165, 1.54) is 12.1 Å². The molecule has 0 fully saturated rings. The van der Waals surface area contributed by atoms with Gasteiger partial charge < -0.3 is 9.30 Å². The predicted molar refractivity (Wildman–Crippen MR) is 141 cm³/mol. The van der Waals surface area contributed by atoms with E-state index in [2.05, 4.69) is 25.9 Å². The number of ether oxygens (including phenoxy) is 1. The molecule has 0 saturated carbocycles. The Balaban J connectivity index is 0.00000306. The number of nitrogens with two attached hydrogens (primary N) is 1. The van der Waals surface area contributed by atoms with Gasteiger partial charge in [0, 0.05) is 10.9 Å². The lowest BCUT2D eigenvalue weighted by molar-refractivity contribution is 0.412. The molecule has 33 heavy (non-hydrogen) atoms. The van der Waals surface area contributed by atoms with Gasteiger partial charge in [0.15, 0.2) is 4.80 Å². The maximum Gasteiger partial charge on any atom is 0.238 e. The normalized spacial score (nSPS) is 11.8. The van der Waals surface area contributed by atoms with Crippen LogP contribution in [0.2, 0.25) is 0 Å². The highest BCUT2D eigenvalue weighted by molar-refractivity contribution is 9.10. The van der Waals surface area contributed by atoms with Crippen LogP contribution in [0.3, 0.4) is 0 Å². The molecular formula is C23H21Br2N3O3S2. The largest absolute Gasteiger partial charge is 0.496 e. The average Bonchev–Trinajstić information content (AvgIpc) is 3.16. The van der Waals surface area contributed by atoms with E-state index in [9.17, 15) is 8.42 Å². The second-order valence-corrected chi connectivity index (χ2v) is 10.2. The molecule has 0 aliphatic rings. The van der Waals surface area contributed by atoms with Gasteiger partial charge in [0.25, 0.3) is 0 Å². The van der Waals surface area contributed by atoms with E-state index in [-0.39, 0.29) is 21.9 Å². The van der Waals surface area contributed by atoms with Crippen LogP contribution in [0.4, 0.5) is 5.69 Å². The number of rotatable bonds is 6. The van der Waals surface area contributed by atoms with Crippen molar-refractivity contribution in [2.24, 2.45) is 10.1 Å². The molecule has 0 aliphatic heterocycles. The van der Waals surface area contributed by atoms with Gasteiger partial charge in [-0.2, -0.15) is 0 Å². The van der Waals surface area contributed by atoms with Crippen LogP contribution in [0.5, 0.6) is 5.75 Å². The highest BCUT2D eigenvalue weighted by Crippen LogP contribution is 2.31. The Bertz CT molecular complexity index is 1420. The topological polar surface area (TPSA) is 86.7 Å². The molecule has 0 unspecified atom stereocenters. The number of para-hydroxylation sites is 1. The second-order valence-electron chi connectivity index (χ2n) is 6.98. The molecule has 6 nitrogen and oxygen atoms in total. The third-order valence-electron chi connectivity index (χ3n) is 4.82. The zero-order valence-electron chi connectivity index (χ0n) is 17.5. The molecule has 4 aromatic rings. The molecule has 10 heteroatoms. The van der Waals surface area contributed by atoms with E-state index in [0.717, 1.165) is 37.5 Å². The molecule has 0 aliphatic carbocycles. The smallest absolute Gasteiger partial charge is 0.238 e. The summed E-state index contributed by atoms with van der Waals surface area (Å²) in [5.74, 6) is 0.753. The lowest BCUT2D eigenvalue weighted by atomic mass is 10.1. The predicted octanol–water partition coefficient (Wildman–Crippen LogP) is 5.49. The number of hydrogen-bond donors (Lipinski definition) is 1. The molecule has 3 aromatic carbocycles. The Morgan fingerprint density at radius 1 is 1.06 bits per heavy atom. The SMILES string of the molecule is Br.COc1ccc(-c2csc(=Nc3ccccc3)n2Cc2ccc(S(N)(=O)=O)cc2)cc1Br.